The average Bonchev–Trinajstić information content (AvgIpc) is 2.75. The van der Waals surface area contributed by atoms with Crippen molar-refractivity contribution in [1.29, 1.82) is 0 Å². The minimum atomic E-state index is -3.45. The zero-order valence-corrected chi connectivity index (χ0v) is 17.6. The number of rotatable bonds is 6. The second-order valence-electron chi connectivity index (χ2n) is 7.09. The number of benzene rings is 3. The van der Waals surface area contributed by atoms with E-state index in [1.54, 1.807) is 49.4 Å². The third-order valence-electron chi connectivity index (χ3n) is 4.76. The molecule has 0 saturated heterocycles. The Bertz CT molecular complexity index is 1410. The van der Waals surface area contributed by atoms with Crippen LogP contribution in [-0.2, 0) is 10.0 Å². The monoisotopic (exact) mass is 437 g/mol. The molecule has 0 bridgehead atoms. The molecule has 8 heteroatoms. The first-order valence-electron chi connectivity index (χ1n) is 9.77. The lowest BCUT2D eigenvalue weighted by Crippen LogP contribution is -2.22. The Kier molecular flexibility index (Phi) is 5.56. The van der Waals surface area contributed by atoms with Gasteiger partial charge in [-0.3, -0.25) is 9.52 Å². The Labute approximate surface area is 179 Å². The third kappa shape index (κ3) is 4.34. The number of nitrogens with one attached hydrogen (secondary N) is 1. The molecule has 3 aromatic carbocycles. The van der Waals surface area contributed by atoms with Gasteiger partial charge in [-0.05, 0) is 48.9 Å². The Morgan fingerprint density at radius 2 is 1.68 bits per heavy atom. The summed E-state index contributed by atoms with van der Waals surface area (Å²) in [5.74, 6) is -0.390. The molecule has 0 aliphatic heterocycles. The molecule has 31 heavy (non-hydrogen) atoms. The molecule has 0 unspecified atom stereocenters. The molecule has 1 heterocycles. The van der Waals surface area contributed by atoms with Crippen molar-refractivity contribution >= 4 is 26.5 Å². The fourth-order valence-electron chi connectivity index (χ4n) is 3.39. The molecular formula is C23H20FN3O3S. The van der Waals surface area contributed by atoms with E-state index in [2.05, 4.69) is 9.82 Å². The van der Waals surface area contributed by atoms with Crippen LogP contribution in [-0.4, -0.2) is 24.0 Å². The highest BCUT2D eigenvalue weighted by Gasteiger charge is 2.15. The molecule has 0 spiro atoms. The van der Waals surface area contributed by atoms with E-state index in [0.717, 1.165) is 0 Å². The Balaban J connectivity index is 1.90. The maximum absolute atomic E-state index is 13.4. The SMILES string of the molecule is CCCS(=O)(=O)Nc1cccc(-c2nn(-c3ccc(F)cc3)c(=O)c3ccccc23)c1. The third-order valence-corrected chi connectivity index (χ3v) is 6.25. The molecule has 6 nitrogen and oxygen atoms in total. The minimum Gasteiger partial charge on any atom is -0.284 e. The summed E-state index contributed by atoms with van der Waals surface area (Å²) in [5, 5.41) is 5.64. The number of nitrogens with zero attached hydrogens (tertiary/aromatic N) is 2. The summed E-state index contributed by atoms with van der Waals surface area (Å²) < 4.78 is 41.5. The van der Waals surface area contributed by atoms with E-state index >= 15 is 0 Å². The molecule has 158 valence electrons. The lowest BCUT2D eigenvalue weighted by atomic mass is 10.0. The maximum Gasteiger partial charge on any atom is 0.279 e. The van der Waals surface area contributed by atoms with Gasteiger partial charge in [0, 0.05) is 16.6 Å². The van der Waals surface area contributed by atoms with Gasteiger partial charge < -0.3 is 0 Å². The number of hydrogen-bond acceptors (Lipinski definition) is 4. The van der Waals surface area contributed by atoms with Crippen LogP contribution < -0.4 is 10.3 Å². The van der Waals surface area contributed by atoms with Crippen LogP contribution in [0.2, 0.25) is 0 Å². The standard InChI is InChI=1S/C23H20FN3O3S/c1-2-14-31(29,30)26-18-7-5-6-16(15-18)22-20-8-3-4-9-21(20)23(28)27(25-22)19-12-10-17(24)11-13-19/h3-13,15,26H,2,14H2,1H3. The van der Waals surface area contributed by atoms with E-state index < -0.39 is 15.8 Å². The van der Waals surface area contributed by atoms with Crippen molar-refractivity contribution in [2.75, 3.05) is 10.5 Å². The second-order valence-corrected chi connectivity index (χ2v) is 8.93. The summed E-state index contributed by atoms with van der Waals surface area (Å²) in [5.41, 5.74) is 1.67. The lowest BCUT2D eigenvalue weighted by Gasteiger charge is -2.13. The number of sulfonamides is 1. The van der Waals surface area contributed by atoms with Gasteiger partial charge in [0.15, 0.2) is 0 Å². The average molecular weight is 437 g/mol. The van der Waals surface area contributed by atoms with Crippen LogP contribution in [0.1, 0.15) is 13.3 Å². The quantitative estimate of drug-likeness (QED) is 0.486. The van der Waals surface area contributed by atoms with Crippen molar-refractivity contribution in [2.45, 2.75) is 13.3 Å². The van der Waals surface area contributed by atoms with Crippen molar-refractivity contribution in [1.82, 2.24) is 9.78 Å². The van der Waals surface area contributed by atoms with Gasteiger partial charge in [0.25, 0.3) is 5.56 Å². The highest BCUT2D eigenvalue weighted by atomic mass is 32.2. The lowest BCUT2D eigenvalue weighted by molar-refractivity contribution is 0.600. The van der Waals surface area contributed by atoms with Crippen molar-refractivity contribution in [3.8, 4) is 16.9 Å². The highest BCUT2D eigenvalue weighted by molar-refractivity contribution is 7.92. The number of halogens is 1. The Hall–Kier alpha value is -3.52. The van der Waals surface area contributed by atoms with Gasteiger partial charge in [-0.2, -0.15) is 9.78 Å². The van der Waals surface area contributed by atoms with Crippen molar-refractivity contribution < 1.29 is 12.8 Å². The van der Waals surface area contributed by atoms with Crippen LogP contribution in [0.3, 0.4) is 0 Å². The van der Waals surface area contributed by atoms with E-state index in [-0.39, 0.29) is 11.3 Å². The maximum atomic E-state index is 13.4. The largest absolute Gasteiger partial charge is 0.284 e. The summed E-state index contributed by atoms with van der Waals surface area (Å²) in [6.07, 6.45) is 0.504. The first-order chi connectivity index (χ1) is 14.9. The summed E-state index contributed by atoms with van der Waals surface area (Å²) in [7, 11) is -3.45. The fourth-order valence-corrected chi connectivity index (χ4v) is 4.51. The zero-order valence-electron chi connectivity index (χ0n) is 16.7. The van der Waals surface area contributed by atoms with Crippen LogP contribution in [0.15, 0.2) is 77.6 Å². The molecule has 0 radical (unpaired) electrons. The van der Waals surface area contributed by atoms with Crippen molar-refractivity contribution in [3.05, 3.63) is 89.0 Å². The molecule has 0 fully saturated rings. The van der Waals surface area contributed by atoms with E-state index in [0.29, 0.717) is 39.8 Å². The molecule has 0 amide bonds. The Morgan fingerprint density at radius 1 is 0.968 bits per heavy atom. The van der Waals surface area contributed by atoms with Crippen molar-refractivity contribution in [3.63, 3.8) is 0 Å². The van der Waals surface area contributed by atoms with Crippen LogP contribution in [0.25, 0.3) is 27.7 Å². The van der Waals surface area contributed by atoms with E-state index in [4.69, 9.17) is 0 Å². The first-order valence-corrected chi connectivity index (χ1v) is 11.4. The molecule has 4 aromatic rings. The van der Waals surface area contributed by atoms with Gasteiger partial charge in [-0.15, -0.1) is 0 Å². The highest BCUT2D eigenvalue weighted by Crippen LogP contribution is 2.27. The molecule has 0 aliphatic carbocycles. The number of hydrogen-bond donors (Lipinski definition) is 1. The molecule has 0 saturated carbocycles. The molecule has 1 N–H and O–H groups in total. The topological polar surface area (TPSA) is 81.1 Å². The normalized spacial score (nSPS) is 11.5. The number of aromatic nitrogens is 2. The van der Waals surface area contributed by atoms with Crippen LogP contribution in [0, 0.1) is 5.82 Å². The molecule has 4 rings (SSSR count). The smallest absolute Gasteiger partial charge is 0.279 e. The van der Waals surface area contributed by atoms with E-state index in [9.17, 15) is 17.6 Å². The minimum absolute atomic E-state index is 0.0217. The predicted octanol–water partition coefficient (Wildman–Crippen LogP) is 4.34. The molecule has 0 atom stereocenters. The van der Waals surface area contributed by atoms with Gasteiger partial charge in [0.05, 0.1) is 22.5 Å². The van der Waals surface area contributed by atoms with E-state index in [1.165, 1.54) is 28.9 Å². The van der Waals surface area contributed by atoms with Gasteiger partial charge in [-0.1, -0.05) is 37.3 Å². The molecular weight excluding hydrogens is 417 g/mol. The molecule has 1 aromatic heterocycles. The van der Waals surface area contributed by atoms with Gasteiger partial charge >= 0.3 is 0 Å². The Morgan fingerprint density at radius 3 is 2.39 bits per heavy atom. The first kappa shape index (κ1) is 20.7. The van der Waals surface area contributed by atoms with Crippen LogP contribution >= 0.6 is 0 Å². The van der Waals surface area contributed by atoms with Crippen LogP contribution in [0.5, 0.6) is 0 Å². The van der Waals surface area contributed by atoms with Gasteiger partial charge in [0.2, 0.25) is 10.0 Å². The number of anilines is 1. The fraction of sp³-hybridized carbons (Fsp3) is 0.130. The zero-order chi connectivity index (χ0) is 22.0. The van der Waals surface area contributed by atoms with Crippen LogP contribution in [0.4, 0.5) is 10.1 Å². The van der Waals surface area contributed by atoms with E-state index in [1.807, 2.05) is 6.07 Å². The summed E-state index contributed by atoms with van der Waals surface area (Å²) in [4.78, 5) is 13.0. The summed E-state index contributed by atoms with van der Waals surface area (Å²) >= 11 is 0. The van der Waals surface area contributed by atoms with Gasteiger partial charge in [-0.25, -0.2) is 12.8 Å². The van der Waals surface area contributed by atoms with Gasteiger partial charge in [0.1, 0.15) is 5.82 Å². The second kappa shape index (κ2) is 8.31. The molecule has 0 aliphatic rings. The summed E-state index contributed by atoms with van der Waals surface area (Å²) in [6, 6.07) is 19.4. The summed E-state index contributed by atoms with van der Waals surface area (Å²) in [6.45, 7) is 1.80. The number of fused-ring (bicyclic) bond motifs is 1. The van der Waals surface area contributed by atoms with Crippen molar-refractivity contribution in [2.24, 2.45) is 0 Å². The predicted molar refractivity (Wildman–Crippen MR) is 120 cm³/mol.